The van der Waals surface area contributed by atoms with Crippen molar-refractivity contribution in [3.8, 4) is 0 Å². The van der Waals surface area contributed by atoms with Crippen molar-refractivity contribution in [2.75, 3.05) is 0 Å². The molecule has 1 fully saturated rings. The highest BCUT2D eigenvalue weighted by molar-refractivity contribution is 6.33. The highest BCUT2D eigenvalue weighted by atomic mass is 35.5. The largest absolute Gasteiger partial charge is 0.306 e. The van der Waals surface area contributed by atoms with Crippen LogP contribution in [-0.2, 0) is 0 Å². The lowest BCUT2D eigenvalue weighted by Crippen LogP contribution is -2.58. The molecule has 1 aromatic rings. The third-order valence-electron chi connectivity index (χ3n) is 3.40. The van der Waals surface area contributed by atoms with E-state index in [0.29, 0.717) is 10.6 Å². The van der Waals surface area contributed by atoms with E-state index in [4.69, 9.17) is 11.6 Å². The lowest BCUT2D eigenvalue weighted by Gasteiger charge is -2.43. The van der Waals surface area contributed by atoms with Gasteiger partial charge in [0.05, 0.1) is 10.6 Å². The van der Waals surface area contributed by atoms with Crippen molar-refractivity contribution in [2.24, 2.45) is 5.10 Å². The first-order valence-corrected chi connectivity index (χ1v) is 7.46. The highest BCUT2D eigenvalue weighted by Gasteiger charge is 2.35. The number of nitrogens with one attached hydrogen (secondary N) is 2. The molecule has 0 aromatic heterocycles. The Morgan fingerprint density at radius 2 is 1.76 bits per heavy atom. The molecule has 1 aliphatic heterocycles. The number of benzene rings is 1. The Morgan fingerprint density at radius 1 is 1.19 bits per heavy atom. The summed E-state index contributed by atoms with van der Waals surface area (Å²) in [6.45, 7) is 8.55. The Balaban J connectivity index is 2.10. The molecule has 2 N–H and O–H groups in total. The van der Waals surface area contributed by atoms with Gasteiger partial charge in [-0.2, -0.15) is 5.10 Å². The van der Waals surface area contributed by atoms with Gasteiger partial charge in [-0.3, -0.25) is 4.79 Å². The minimum absolute atomic E-state index is 0.0320. The van der Waals surface area contributed by atoms with Gasteiger partial charge < -0.3 is 5.32 Å². The molecule has 114 valence electrons. The van der Waals surface area contributed by atoms with E-state index in [1.165, 1.54) is 0 Å². The second kappa shape index (κ2) is 5.78. The molecule has 0 atom stereocenters. The number of carbonyl (C=O) groups excluding carboxylic acids is 1. The van der Waals surface area contributed by atoms with E-state index in [1.54, 1.807) is 24.3 Å². The summed E-state index contributed by atoms with van der Waals surface area (Å²) in [6, 6.07) is 6.96. The maximum atomic E-state index is 12.1. The van der Waals surface area contributed by atoms with Crippen LogP contribution in [0.3, 0.4) is 0 Å². The molecule has 0 bridgehead atoms. The molecule has 1 aliphatic rings. The fourth-order valence-corrected chi connectivity index (χ4v) is 3.22. The van der Waals surface area contributed by atoms with Gasteiger partial charge >= 0.3 is 0 Å². The van der Waals surface area contributed by atoms with Crippen molar-refractivity contribution in [2.45, 2.75) is 51.6 Å². The van der Waals surface area contributed by atoms with Crippen molar-refractivity contribution < 1.29 is 4.79 Å². The van der Waals surface area contributed by atoms with E-state index < -0.39 is 0 Å². The predicted octanol–water partition coefficient (Wildman–Crippen LogP) is 3.37. The van der Waals surface area contributed by atoms with Crippen molar-refractivity contribution in [3.05, 3.63) is 34.9 Å². The molecule has 21 heavy (non-hydrogen) atoms. The second-order valence-electron chi connectivity index (χ2n) is 6.85. The van der Waals surface area contributed by atoms with Gasteiger partial charge in [0.1, 0.15) is 0 Å². The predicted molar refractivity (Wildman–Crippen MR) is 86.9 cm³/mol. The summed E-state index contributed by atoms with van der Waals surface area (Å²) >= 11 is 6.01. The quantitative estimate of drug-likeness (QED) is 0.823. The maximum Gasteiger partial charge on any atom is 0.272 e. The van der Waals surface area contributed by atoms with Crippen molar-refractivity contribution >= 4 is 23.2 Å². The Hall–Kier alpha value is -1.39. The SMILES string of the molecule is CC1(C)CC(=NNC(=O)c2ccccc2Cl)CC(C)(C)N1. The number of halogens is 1. The van der Waals surface area contributed by atoms with Crippen LogP contribution in [0.15, 0.2) is 29.4 Å². The Labute approximate surface area is 131 Å². The van der Waals surface area contributed by atoms with Crippen LogP contribution >= 0.6 is 11.6 Å². The van der Waals surface area contributed by atoms with Crippen molar-refractivity contribution in [1.29, 1.82) is 0 Å². The van der Waals surface area contributed by atoms with Crippen LogP contribution in [0.2, 0.25) is 5.02 Å². The summed E-state index contributed by atoms with van der Waals surface area (Å²) in [6.07, 6.45) is 1.61. The molecule has 4 nitrogen and oxygen atoms in total. The van der Waals surface area contributed by atoms with Crippen LogP contribution in [0.5, 0.6) is 0 Å². The number of hydrazone groups is 1. The normalized spacial score (nSPS) is 20.0. The molecule has 0 aliphatic carbocycles. The van der Waals surface area contributed by atoms with E-state index in [2.05, 4.69) is 43.5 Å². The monoisotopic (exact) mass is 307 g/mol. The van der Waals surface area contributed by atoms with Gasteiger partial charge in [0.25, 0.3) is 5.91 Å². The van der Waals surface area contributed by atoms with Gasteiger partial charge in [-0.05, 0) is 39.8 Å². The van der Waals surface area contributed by atoms with Crippen LogP contribution in [0.25, 0.3) is 0 Å². The minimum Gasteiger partial charge on any atom is -0.306 e. The lowest BCUT2D eigenvalue weighted by molar-refractivity contribution is 0.0954. The van der Waals surface area contributed by atoms with E-state index in [9.17, 15) is 4.79 Å². The summed E-state index contributed by atoms with van der Waals surface area (Å²) in [5.74, 6) is -0.276. The van der Waals surface area contributed by atoms with Gasteiger partial charge in [0.2, 0.25) is 0 Å². The smallest absolute Gasteiger partial charge is 0.272 e. The summed E-state index contributed by atoms with van der Waals surface area (Å²) < 4.78 is 0. The molecule has 5 heteroatoms. The zero-order chi connectivity index (χ0) is 15.7. The standard InChI is InChI=1S/C16H22ClN3O/c1-15(2)9-11(10-16(3,4)20-15)18-19-14(21)12-7-5-6-8-13(12)17/h5-8,20H,9-10H2,1-4H3,(H,19,21). The molecular weight excluding hydrogens is 286 g/mol. The molecule has 1 saturated heterocycles. The highest BCUT2D eigenvalue weighted by Crippen LogP contribution is 2.26. The van der Waals surface area contributed by atoms with E-state index in [-0.39, 0.29) is 17.0 Å². The first kappa shape index (κ1) is 16.0. The summed E-state index contributed by atoms with van der Waals surface area (Å²) in [4.78, 5) is 12.1. The van der Waals surface area contributed by atoms with Crippen LogP contribution in [0.1, 0.15) is 50.9 Å². The number of amides is 1. The Kier molecular flexibility index (Phi) is 4.40. The molecule has 0 spiro atoms. The van der Waals surface area contributed by atoms with Crippen LogP contribution in [0, 0.1) is 0 Å². The molecule has 1 heterocycles. The van der Waals surface area contributed by atoms with E-state index in [1.807, 2.05) is 0 Å². The first-order chi connectivity index (χ1) is 9.69. The van der Waals surface area contributed by atoms with Gasteiger partial charge in [-0.15, -0.1) is 0 Å². The maximum absolute atomic E-state index is 12.1. The topological polar surface area (TPSA) is 53.5 Å². The molecule has 1 aromatic carbocycles. The molecule has 0 unspecified atom stereocenters. The van der Waals surface area contributed by atoms with Crippen LogP contribution in [0.4, 0.5) is 0 Å². The number of hydrogen-bond acceptors (Lipinski definition) is 3. The van der Waals surface area contributed by atoms with Crippen molar-refractivity contribution in [3.63, 3.8) is 0 Å². The van der Waals surface area contributed by atoms with Crippen molar-refractivity contribution in [1.82, 2.24) is 10.7 Å². The molecule has 0 radical (unpaired) electrons. The lowest BCUT2D eigenvalue weighted by atomic mass is 9.81. The van der Waals surface area contributed by atoms with Gasteiger partial charge in [-0.1, -0.05) is 23.7 Å². The van der Waals surface area contributed by atoms with E-state index in [0.717, 1.165) is 18.6 Å². The third kappa shape index (κ3) is 4.29. The second-order valence-corrected chi connectivity index (χ2v) is 7.25. The summed E-state index contributed by atoms with van der Waals surface area (Å²) in [5, 5.41) is 8.32. The molecule has 2 rings (SSSR count). The van der Waals surface area contributed by atoms with Gasteiger partial charge in [0, 0.05) is 29.6 Å². The number of nitrogens with zero attached hydrogens (tertiary/aromatic N) is 1. The third-order valence-corrected chi connectivity index (χ3v) is 3.73. The molecule has 1 amide bonds. The fraction of sp³-hybridized carbons (Fsp3) is 0.500. The van der Waals surface area contributed by atoms with Gasteiger partial charge in [-0.25, -0.2) is 5.43 Å². The Morgan fingerprint density at radius 3 is 2.33 bits per heavy atom. The van der Waals surface area contributed by atoms with Gasteiger partial charge in [0.15, 0.2) is 0 Å². The zero-order valence-electron chi connectivity index (χ0n) is 13.0. The number of rotatable bonds is 2. The minimum atomic E-state index is -0.276. The summed E-state index contributed by atoms with van der Waals surface area (Å²) in [7, 11) is 0. The number of carbonyl (C=O) groups is 1. The average Bonchev–Trinajstić information content (AvgIpc) is 2.33. The van der Waals surface area contributed by atoms with E-state index >= 15 is 0 Å². The first-order valence-electron chi connectivity index (χ1n) is 7.08. The Bertz CT molecular complexity index is 561. The van der Waals surface area contributed by atoms with Crippen LogP contribution < -0.4 is 10.7 Å². The fourth-order valence-electron chi connectivity index (χ4n) is 3.00. The zero-order valence-corrected chi connectivity index (χ0v) is 13.7. The average molecular weight is 308 g/mol. The number of piperidine rings is 1. The molecule has 0 saturated carbocycles. The summed E-state index contributed by atoms with van der Waals surface area (Å²) in [5.41, 5.74) is 3.99. The molecular formula is C16H22ClN3O. The number of hydrogen-bond donors (Lipinski definition) is 2. The van der Waals surface area contributed by atoms with Crippen LogP contribution in [-0.4, -0.2) is 22.7 Å².